The van der Waals surface area contributed by atoms with Gasteiger partial charge in [-0.15, -0.1) is 0 Å². The molecule has 8 nitrogen and oxygen atoms in total. The molecule has 0 saturated carbocycles. The van der Waals surface area contributed by atoms with Gasteiger partial charge in [-0.1, -0.05) is 79.7 Å². The number of anilines is 3. The van der Waals surface area contributed by atoms with Crippen LogP contribution in [0.1, 0.15) is 18.4 Å². The number of aromatic nitrogens is 3. The molecule has 0 aliphatic carbocycles. The molecule has 3 N–H and O–H groups in total. The quantitative estimate of drug-likeness (QED) is 0.242. The fourth-order valence-corrected chi connectivity index (χ4v) is 5.17. The van der Waals surface area contributed by atoms with Crippen LogP contribution >= 0.6 is 0 Å². The average molecular weight is 543 g/mol. The number of nitrogens with zero attached hydrogens (tertiary/aromatic N) is 3. The fourth-order valence-electron chi connectivity index (χ4n) is 5.17. The van der Waals surface area contributed by atoms with Crippen LogP contribution in [0.4, 0.5) is 17.1 Å². The topological polar surface area (TPSA) is 101 Å². The van der Waals surface area contributed by atoms with Crippen LogP contribution < -0.4 is 21.5 Å². The number of amides is 1. The van der Waals surface area contributed by atoms with Gasteiger partial charge in [-0.05, 0) is 34.9 Å². The second-order valence-corrected chi connectivity index (χ2v) is 10.1. The lowest BCUT2D eigenvalue weighted by Gasteiger charge is -2.18. The first kappa shape index (κ1) is 26.0. The Morgan fingerprint density at radius 3 is 2.27 bits per heavy atom. The summed E-state index contributed by atoms with van der Waals surface area (Å²) in [5, 5.41) is 9.66. The summed E-state index contributed by atoms with van der Waals surface area (Å²) in [6, 6.07) is 29.3. The van der Waals surface area contributed by atoms with Gasteiger partial charge in [0.05, 0.1) is 12.2 Å². The predicted molar refractivity (Wildman–Crippen MR) is 162 cm³/mol. The molecule has 204 valence electrons. The number of benzene rings is 3. The van der Waals surface area contributed by atoms with E-state index in [0.29, 0.717) is 18.1 Å². The molecule has 5 aromatic rings. The van der Waals surface area contributed by atoms with E-state index < -0.39 is 0 Å². The van der Waals surface area contributed by atoms with Gasteiger partial charge < -0.3 is 16.0 Å². The number of carbonyl (C=O) groups is 1. The Morgan fingerprint density at radius 1 is 0.878 bits per heavy atom. The number of hydrogen-bond acceptors (Lipinski definition) is 6. The Balaban J connectivity index is 1.21. The minimum Gasteiger partial charge on any atom is -0.380 e. The van der Waals surface area contributed by atoms with Crippen LogP contribution in [-0.4, -0.2) is 33.0 Å². The molecule has 6 rings (SSSR count). The maximum atomic E-state index is 13.7. The Bertz CT molecular complexity index is 1720. The van der Waals surface area contributed by atoms with Crippen molar-refractivity contribution in [2.45, 2.75) is 25.4 Å². The first-order chi connectivity index (χ1) is 20.1. The van der Waals surface area contributed by atoms with Crippen molar-refractivity contribution < 1.29 is 4.79 Å². The Labute approximate surface area is 238 Å². The van der Waals surface area contributed by atoms with Crippen molar-refractivity contribution in [2.75, 3.05) is 17.2 Å². The molecule has 1 aliphatic rings. The minimum atomic E-state index is -0.327. The second kappa shape index (κ2) is 11.5. The number of rotatable bonds is 8. The highest BCUT2D eigenvalue weighted by atomic mass is 16.2. The number of pyridine rings is 1. The zero-order valence-electron chi connectivity index (χ0n) is 22.6. The third-order valence-electron chi connectivity index (χ3n) is 7.46. The van der Waals surface area contributed by atoms with Crippen LogP contribution in [0.5, 0.6) is 0 Å². The largest absolute Gasteiger partial charge is 0.380 e. The van der Waals surface area contributed by atoms with Crippen molar-refractivity contribution >= 4 is 23.0 Å². The van der Waals surface area contributed by atoms with Crippen LogP contribution in [0.25, 0.3) is 22.5 Å². The average Bonchev–Trinajstić information content (AvgIpc) is 3.34. The molecule has 3 aromatic carbocycles. The second-order valence-electron chi connectivity index (χ2n) is 10.1. The Hall–Kier alpha value is -5.24. The van der Waals surface area contributed by atoms with Crippen LogP contribution in [0, 0.1) is 0 Å². The van der Waals surface area contributed by atoms with Gasteiger partial charge in [0, 0.05) is 41.8 Å². The van der Waals surface area contributed by atoms with Crippen molar-refractivity contribution in [3.05, 3.63) is 126 Å². The fraction of sp³-hybridized carbons (Fsp3) is 0.152. The summed E-state index contributed by atoms with van der Waals surface area (Å²) in [7, 11) is 0. The lowest BCUT2D eigenvalue weighted by Crippen LogP contribution is -2.40. The predicted octanol–water partition coefficient (Wildman–Crippen LogP) is 5.43. The highest BCUT2D eigenvalue weighted by molar-refractivity contribution is 5.77. The number of carbonyl (C=O) groups excluding carboxylic acids is 1. The van der Waals surface area contributed by atoms with E-state index >= 15 is 0 Å². The van der Waals surface area contributed by atoms with Gasteiger partial charge in [0.2, 0.25) is 5.91 Å². The lowest BCUT2D eigenvalue weighted by atomic mass is 9.99. The van der Waals surface area contributed by atoms with E-state index in [2.05, 4.69) is 45.0 Å². The summed E-state index contributed by atoms with van der Waals surface area (Å²) in [5.41, 5.74) is 5.83. The minimum absolute atomic E-state index is 0.0356. The standard InChI is InChI=1S/C33H30N6O2/c1-22-27-18-34-17-16-28(27)38-29(22)19-35-31(40)21-39-32(25-10-6-3-7-11-25)36-20-30(33(39)41)37-26-14-12-24(13-15-26)23-8-4-2-5-9-23/h2-18,20,22,29,37-38H,19,21H2,1H3,(H,35,40). The van der Waals surface area contributed by atoms with Crippen LogP contribution in [0.3, 0.4) is 0 Å². The summed E-state index contributed by atoms with van der Waals surface area (Å²) in [6.45, 7) is 2.37. The smallest absolute Gasteiger partial charge is 0.277 e. The van der Waals surface area contributed by atoms with Gasteiger partial charge in [0.25, 0.3) is 5.56 Å². The molecule has 0 spiro atoms. The van der Waals surface area contributed by atoms with Gasteiger partial charge in [0.1, 0.15) is 18.1 Å². The molecule has 0 saturated heterocycles. The van der Waals surface area contributed by atoms with E-state index in [-0.39, 0.29) is 30.0 Å². The summed E-state index contributed by atoms with van der Waals surface area (Å²) in [4.78, 5) is 35.7. The molecule has 1 amide bonds. The highest BCUT2D eigenvalue weighted by Gasteiger charge is 2.29. The van der Waals surface area contributed by atoms with E-state index in [9.17, 15) is 9.59 Å². The molecule has 3 heterocycles. The van der Waals surface area contributed by atoms with Crippen molar-refractivity contribution in [1.29, 1.82) is 0 Å². The van der Waals surface area contributed by atoms with Crippen molar-refractivity contribution in [1.82, 2.24) is 19.9 Å². The van der Waals surface area contributed by atoms with E-state index in [0.717, 1.165) is 33.6 Å². The third kappa shape index (κ3) is 5.58. The van der Waals surface area contributed by atoms with Gasteiger partial charge in [-0.2, -0.15) is 0 Å². The maximum absolute atomic E-state index is 13.7. The van der Waals surface area contributed by atoms with Crippen molar-refractivity contribution in [3.63, 3.8) is 0 Å². The molecule has 2 atom stereocenters. The van der Waals surface area contributed by atoms with Crippen LogP contribution in [-0.2, 0) is 11.3 Å². The summed E-state index contributed by atoms with van der Waals surface area (Å²) < 4.78 is 1.43. The molecule has 2 aromatic heterocycles. The Kier molecular flexibility index (Phi) is 7.28. The first-order valence-electron chi connectivity index (χ1n) is 13.6. The number of hydrogen-bond donors (Lipinski definition) is 3. The molecule has 41 heavy (non-hydrogen) atoms. The first-order valence-corrected chi connectivity index (χ1v) is 13.6. The molecule has 8 heteroatoms. The van der Waals surface area contributed by atoms with Crippen molar-refractivity contribution in [3.8, 4) is 22.5 Å². The summed E-state index contributed by atoms with van der Waals surface area (Å²) in [5.74, 6) is 0.365. The number of nitrogens with one attached hydrogen (secondary N) is 3. The molecular weight excluding hydrogens is 512 g/mol. The molecule has 0 bridgehead atoms. The maximum Gasteiger partial charge on any atom is 0.277 e. The van der Waals surface area contributed by atoms with E-state index in [1.165, 1.54) is 10.8 Å². The Morgan fingerprint density at radius 2 is 1.56 bits per heavy atom. The SMILES string of the molecule is CC1c2cnccc2NC1CNC(=O)Cn1c(-c2ccccc2)ncc(Nc2ccc(-c3ccccc3)cc2)c1=O. The van der Waals surface area contributed by atoms with E-state index in [1.807, 2.05) is 85.1 Å². The van der Waals surface area contributed by atoms with E-state index in [1.54, 1.807) is 6.20 Å². The molecule has 0 radical (unpaired) electrons. The molecule has 2 unspecified atom stereocenters. The zero-order chi connectivity index (χ0) is 28.2. The summed E-state index contributed by atoms with van der Waals surface area (Å²) in [6.07, 6.45) is 5.14. The van der Waals surface area contributed by atoms with Crippen LogP contribution in [0.2, 0.25) is 0 Å². The van der Waals surface area contributed by atoms with E-state index in [4.69, 9.17) is 0 Å². The van der Waals surface area contributed by atoms with Gasteiger partial charge in [-0.3, -0.25) is 19.1 Å². The van der Waals surface area contributed by atoms with Gasteiger partial charge >= 0.3 is 0 Å². The van der Waals surface area contributed by atoms with Crippen molar-refractivity contribution in [2.24, 2.45) is 0 Å². The molecular formula is C33H30N6O2. The highest BCUT2D eigenvalue weighted by Crippen LogP contribution is 2.34. The monoisotopic (exact) mass is 542 g/mol. The summed E-state index contributed by atoms with van der Waals surface area (Å²) >= 11 is 0. The molecule has 1 aliphatic heterocycles. The lowest BCUT2D eigenvalue weighted by molar-refractivity contribution is -0.121. The third-order valence-corrected chi connectivity index (χ3v) is 7.46. The van der Waals surface area contributed by atoms with Gasteiger partial charge in [-0.25, -0.2) is 4.98 Å². The number of fused-ring (bicyclic) bond motifs is 1. The normalized spacial score (nSPS) is 15.5. The molecule has 0 fully saturated rings. The van der Waals surface area contributed by atoms with Crippen LogP contribution in [0.15, 0.2) is 114 Å². The van der Waals surface area contributed by atoms with Gasteiger partial charge in [0.15, 0.2) is 0 Å². The zero-order valence-corrected chi connectivity index (χ0v) is 22.6.